The van der Waals surface area contributed by atoms with E-state index in [4.69, 9.17) is 0 Å². The first kappa shape index (κ1) is 17.5. The zero-order valence-corrected chi connectivity index (χ0v) is 13.8. The maximum Gasteiger partial charge on any atom is 0.317 e. The Morgan fingerprint density at radius 2 is 1.90 bits per heavy atom. The van der Waals surface area contributed by atoms with Gasteiger partial charge in [0.05, 0.1) is 12.1 Å². The van der Waals surface area contributed by atoms with Gasteiger partial charge < -0.3 is 15.3 Å². The van der Waals surface area contributed by atoms with Gasteiger partial charge in [0.1, 0.15) is 0 Å². The molecule has 0 spiro atoms. The van der Waals surface area contributed by atoms with Crippen LogP contribution in [0.5, 0.6) is 0 Å². The third-order valence-electron chi connectivity index (χ3n) is 3.45. The molecule has 118 valence electrons. The van der Waals surface area contributed by atoms with Crippen molar-refractivity contribution in [1.82, 2.24) is 10.2 Å². The van der Waals surface area contributed by atoms with Crippen LogP contribution in [0.3, 0.4) is 0 Å². The van der Waals surface area contributed by atoms with Crippen molar-refractivity contribution in [3.63, 3.8) is 0 Å². The third-order valence-corrected chi connectivity index (χ3v) is 3.45. The second-order valence-electron chi connectivity index (χ2n) is 6.32. The molecule has 0 fully saturated rings. The lowest BCUT2D eigenvalue weighted by molar-refractivity contribution is 0.0480. The van der Waals surface area contributed by atoms with Crippen LogP contribution in [-0.2, 0) is 0 Å². The van der Waals surface area contributed by atoms with Gasteiger partial charge >= 0.3 is 6.03 Å². The van der Waals surface area contributed by atoms with Crippen LogP contribution < -0.4 is 5.32 Å². The van der Waals surface area contributed by atoms with E-state index in [0.29, 0.717) is 19.6 Å². The number of carbonyl (C=O) groups excluding carboxylic acids is 1. The predicted molar refractivity (Wildman–Crippen MR) is 86.5 cm³/mol. The van der Waals surface area contributed by atoms with Crippen LogP contribution in [0.25, 0.3) is 0 Å². The first-order chi connectivity index (χ1) is 9.73. The average molecular weight is 292 g/mol. The number of carbonyl (C=O) groups is 1. The number of amides is 2. The van der Waals surface area contributed by atoms with Crippen molar-refractivity contribution >= 4 is 6.03 Å². The maximum atomic E-state index is 12.1. The minimum Gasteiger partial charge on any atom is -0.389 e. The number of urea groups is 1. The summed E-state index contributed by atoms with van der Waals surface area (Å²) >= 11 is 0. The van der Waals surface area contributed by atoms with Crippen molar-refractivity contribution in [2.24, 2.45) is 0 Å². The molecule has 1 aromatic rings. The fourth-order valence-electron chi connectivity index (χ4n) is 2.16. The van der Waals surface area contributed by atoms with Gasteiger partial charge in [0, 0.05) is 13.1 Å². The van der Waals surface area contributed by atoms with Gasteiger partial charge in [-0.05, 0) is 39.2 Å². The molecule has 0 aliphatic heterocycles. The Labute approximate surface area is 128 Å². The molecule has 0 aliphatic carbocycles. The van der Waals surface area contributed by atoms with E-state index in [-0.39, 0.29) is 11.9 Å². The molecule has 1 atom stereocenters. The first-order valence-electron chi connectivity index (χ1n) is 7.54. The maximum absolute atomic E-state index is 12.1. The summed E-state index contributed by atoms with van der Waals surface area (Å²) in [5, 5.41) is 12.8. The summed E-state index contributed by atoms with van der Waals surface area (Å²) < 4.78 is 0. The minimum atomic E-state index is -0.879. The molecule has 4 heteroatoms. The van der Waals surface area contributed by atoms with E-state index in [1.165, 1.54) is 11.1 Å². The van der Waals surface area contributed by atoms with Crippen LogP contribution in [0, 0.1) is 6.92 Å². The quantitative estimate of drug-likeness (QED) is 0.847. The van der Waals surface area contributed by atoms with Crippen molar-refractivity contribution in [2.75, 3.05) is 19.6 Å². The van der Waals surface area contributed by atoms with Crippen molar-refractivity contribution in [1.29, 1.82) is 0 Å². The lowest BCUT2D eigenvalue weighted by atomic mass is 10.0. The fourth-order valence-corrected chi connectivity index (χ4v) is 2.16. The van der Waals surface area contributed by atoms with Gasteiger partial charge in [0.25, 0.3) is 0 Å². The molecule has 0 saturated heterocycles. The van der Waals surface area contributed by atoms with E-state index in [0.717, 1.165) is 0 Å². The topological polar surface area (TPSA) is 52.6 Å². The summed E-state index contributed by atoms with van der Waals surface area (Å²) in [4.78, 5) is 13.8. The van der Waals surface area contributed by atoms with Crippen LogP contribution in [0.1, 0.15) is 44.7 Å². The molecule has 0 bridgehead atoms. The number of hydrogen-bond acceptors (Lipinski definition) is 2. The number of nitrogens with zero attached hydrogens (tertiary/aromatic N) is 1. The summed E-state index contributed by atoms with van der Waals surface area (Å²) in [6, 6.07) is 8.24. The second kappa shape index (κ2) is 7.46. The molecular formula is C17H28N2O2. The van der Waals surface area contributed by atoms with E-state index >= 15 is 0 Å². The number of likely N-dealkylation sites (N-methyl/N-ethyl adjacent to an activating group) is 1. The fraction of sp³-hybridized carbons (Fsp3) is 0.588. The smallest absolute Gasteiger partial charge is 0.317 e. The number of hydrogen-bond donors (Lipinski definition) is 2. The van der Waals surface area contributed by atoms with Gasteiger partial charge in [0.15, 0.2) is 0 Å². The number of nitrogens with one attached hydrogen (secondary N) is 1. The van der Waals surface area contributed by atoms with Gasteiger partial charge in [-0.25, -0.2) is 4.79 Å². The standard InChI is InChI=1S/C17H28N2O2/c1-6-19(12-17(4,5)21)16(20)18-11-14(3)15-9-7-13(2)8-10-15/h7-10,14,21H,6,11-12H2,1-5H3,(H,18,20). The Bertz CT molecular complexity index is 449. The van der Waals surface area contributed by atoms with Crippen LogP contribution in [0.2, 0.25) is 0 Å². The summed E-state index contributed by atoms with van der Waals surface area (Å²) in [5.41, 5.74) is 1.57. The molecule has 0 aliphatic rings. The highest BCUT2D eigenvalue weighted by Crippen LogP contribution is 2.15. The summed E-state index contributed by atoms with van der Waals surface area (Å²) in [6.07, 6.45) is 0. The Kier molecular flexibility index (Phi) is 6.21. The molecule has 2 N–H and O–H groups in total. The van der Waals surface area contributed by atoms with Crippen molar-refractivity contribution in [3.8, 4) is 0 Å². The van der Waals surface area contributed by atoms with E-state index in [1.807, 2.05) is 6.92 Å². The van der Waals surface area contributed by atoms with Crippen LogP contribution >= 0.6 is 0 Å². The van der Waals surface area contributed by atoms with E-state index in [9.17, 15) is 9.90 Å². The van der Waals surface area contributed by atoms with Gasteiger partial charge in [-0.15, -0.1) is 0 Å². The lowest BCUT2D eigenvalue weighted by Crippen LogP contribution is -2.47. The van der Waals surface area contributed by atoms with Gasteiger partial charge in [-0.2, -0.15) is 0 Å². The predicted octanol–water partition coefficient (Wildman–Crippen LogP) is 2.90. The number of rotatable bonds is 6. The molecule has 0 radical (unpaired) electrons. The van der Waals surface area contributed by atoms with E-state index in [1.54, 1.807) is 18.7 Å². The van der Waals surface area contributed by atoms with Crippen LogP contribution in [-0.4, -0.2) is 41.3 Å². The highest BCUT2D eigenvalue weighted by Gasteiger charge is 2.21. The molecule has 1 unspecified atom stereocenters. The Morgan fingerprint density at radius 3 is 2.38 bits per heavy atom. The third kappa shape index (κ3) is 6.17. The monoisotopic (exact) mass is 292 g/mol. The Morgan fingerprint density at radius 1 is 1.33 bits per heavy atom. The van der Waals surface area contributed by atoms with Crippen LogP contribution in [0.15, 0.2) is 24.3 Å². The molecule has 4 nitrogen and oxygen atoms in total. The van der Waals surface area contributed by atoms with Crippen LogP contribution in [0.4, 0.5) is 4.79 Å². The molecule has 0 saturated carbocycles. The van der Waals surface area contributed by atoms with Gasteiger partial charge in [-0.1, -0.05) is 36.8 Å². The largest absolute Gasteiger partial charge is 0.389 e. The second-order valence-corrected chi connectivity index (χ2v) is 6.32. The zero-order chi connectivity index (χ0) is 16.0. The molecule has 1 rings (SSSR count). The van der Waals surface area contributed by atoms with Crippen molar-refractivity contribution in [2.45, 2.75) is 46.1 Å². The molecule has 0 aromatic heterocycles. The van der Waals surface area contributed by atoms with Gasteiger partial charge in [0.2, 0.25) is 0 Å². The average Bonchev–Trinajstić information content (AvgIpc) is 2.41. The Balaban J connectivity index is 2.52. The van der Waals surface area contributed by atoms with E-state index < -0.39 is 5.60 Å². The van der Waals surface area contributed by atoms with Crippen molar-refractivity contribution < 1.29 is 9.90 Å². The van der Waals surface area contributed by atoms with E-state index in [2.05, 4.69) is 43.4 Å². The lowest BCUT2D eigenvalue weighted by Gasteiger charge is -2.28. The number of aliphatic hydroxyl groups is 1. The summed E-state index contributed by atoms with van der Waals surface area (Å²) in [7, 11) is 0. The molecular weight excluding hydrogens is 264 g/mol. The molecule has 0 heterocycles. The minimum absolute atomic E-state index is 0.126. The molecule has 21 heavy (non-hydrogen) atoms. The highest BCUT2D eigenvalue weighted by atomic mass is 16.3. The summed E-state index contributed by atoms with van der Waals surface area (Å²) in [5.74, 6) is 0.260. The Hall–Kier alpha value is -1.55. The van der Waals surface area contributed by atoms with Crippen molar-refractivity contribution in [3.05, 3.63) is 35.4 Å². The first-order valence-corrected chi connectivity index (χ1v) is 7.54. The SMILES string of the molecule is CCN(CC(C)(C)O)C(=O)NCC(C)c1ccc(C)cc1. The number of benzene rings is 1. The normalized spacial score (nSPS) is 12.9. The highest BCUT2D eigenvalue weighted by molar-refractivity contribution is 5.74. The number of aryl methyl sites for hydroxylation is 1. The summed E-state index contributed by atoms with van der Waals surface area (Å²) in [6.45, 7) is 11.0. The van der Waals surface area contributed by atoms with Gasteiger partial charge in [-0.3, -0.25) is 0 Å². The zero-order valence-electron chi connectivity index (χ0n) is 13.8. The molecule has 2 amide bonds. The molecule has 1 aromatic carbocycles.